The van der Waals surface area contributed by atoms with Crippen molar-refractivity contribution >= 4 is 5.97 Å². The monoisotopic (exact) mass is 405 g/mol. The molecular formula is C25H43NO3. The van der Waals surface area contributed by atoms with Gasteiger partial charge in [-0.3, -0.25) is 4.79 Å². The molecule has 1 saturated heterocycles. The van der Waals surface area contributed by atoms with Gasteiger partial charge in [-0.05, 0) is 103 Å². The molecule has 2 aliphatic carbocycles. The predicted octanol–water partition coefficient (Wildman–Crippen LogP) is 5.26. The van der Waals surface area contributed by atoms with E-state index in [0.29, 0.717) is 24.5 Å². The SMILES string of the molecule is COC1CCC(/C=C/C2CCC(COC(=O)C3CC(C)(C)NC3(C)C)CC2)CC1. The molecule has 3 aliphatic rings. The molecule has 3 fully saturated rings. The van der Waals surface area contributed by atoms with Gasteiger partial charge in [0, 0.05) is 18.2 Å². The molecule has 3 rings (SSSR count). The fourth-order valence-corrected chi connectivity index (χ4v) is 5.83. The van der Waals surface area contributed by atoms with Gasteiger partial charge in [-0.1, -0.05) is 12.2 Å². The van der Waals surface area contributed by atoms with Gasteiger partial charge >= 0.3 is 5.97 Å². The second-order valence-electron chi connectivity index (χ2n) is 11.1. The number of carbonyl (C=O) groups excluding carboxylic acids is 1. The molecule has 0 amide bonds. The quantitative estimate of drug-likeness (QED) is 0.483. The molecule has 29 heavy (non-hydrogen) atoms. The number of esters is 1. The highest BCUT2D eigenvalue weighted by Gasteiger charge is 2.48. The summed E-state index contributed by atoms with van der Waals surface area (Å²) in [6.07, 6.45) is 16.0. The largest absolute Gasteiger partial charge is 0.465 e. The van der Waals surface area contributed by atoms with E-state index in [4.69, 9.17) is 9.47 Å². The van der Waals surface area contributed by atoms with E-state index in [2.05, 4.69) is 45.2 Å². The second-order valence-corrected chi connectivity index (χ2v) is 11.1. The number of methoxy groups -OCH3 is 1. The van der Waals surface area contributed by atoms with Gasteiger partial charge in [0.25, 0.3) is 0 Å². The summed E-state index contributed by atoms with van der Waals surface area (Å²) in [5, 5.41) is 3.58. The molecule has 166 valence electrons. The molecule has 1 unspecified atom stereocenters. The molecule has 0 aromatic rings. The highest BCUT2D eigenvalue weighted by molar-refractivity contribution is 5.74. The van der Waals surface area contributed by atoms with E-state index >= 15 is 0 Å². The average Bonchev–Trinajstić information content (AvgIpc) is 2.92. The third-order valence-electron chi connectivity index (χ3n) is 7.59. The molecule has 0 aromatic heterocycles. The maximum Gasteiger partial charge on any atom is 0.310 e. The van der Waals surface area contributed by atoms with Crippen LogP contribution in [0.15, 0.2) is 12.2 Å². The summed E-state index contributed by atoms with van der Waals surface area (Å²) in [6.45, 7) is 9.17. The lowest BCUT2D eigenvalue weighted by molar-refractivity contribution is -0.151. The van der Waals surface area contributed by atoms with Gasteiger partial charge in [-0.2, -0.15) is 0 Å². The Labute approximate surface area is 178 Å². The van der Waals surface area contributed by atoms with Crippen molar-refractivity contribution in [3.05, 3.63) is 12.2 Å². The van der Waals surface area contributed by atoms with Crippen LogP contribution in [-0.2, 0) is 14.3 Å². The van der Waals surface area contributed by atoms with E-state index in [0.717, 1.165) is 12.3 Å². The minimum Gasteiger partial charge on any atom is -0.465 e. The summed E-state index contributed by atoms with van der Waals surface area (Å²) in [5.41, 5.74) is -0.189. The number of ether oxygens (including phenoxy) is 2. The third-order valence-corrected chi connectivity index (χ3v) is 7.59. The molecule has 0 spiro atoms. The van der Waals surface area contributed by atoms with E-state index in [1.54, 1.807) is 0 Å². The number of nitrogens with one attached hydrogen (secondary N) is 1. The second kappa shape index (κ2) is 9.51. The highest BCUT2D eigenvalue weighted by atomic mass is 16.5. The molecular weight excluding hydrogens is 362 g/mol. The van der Waals surface area contributed by atoms with Crippen LogP contribution < -0.4 is 5.32 Å². The molecule has 0 radical (unpaired) electrons. The average molecular weight is 406 g/mol. The van der Waals surface area contributed by atoms with Gasteiger partial charge in [0.2, 0.25) is 0 Å². The summed E-state index contributed by atoms with van der Waals surface area (Å²) in [6, 6.07) is 0. The van der Waals surface area contributed by atoms with Crippen LogP contribution in [0.1, 0.15) is 85.5 Å². The molecule has 4 nitrogen and oxygen atoms in total. The zero-order valence-electron chi connectivity index (χ0n) is 19.3. The molecule has 1 N–H and O–H groups in total. The van der Waals surface area contributed by atoms with E-state index in [9.17, 15) is 4.79 Å². The minimum atomic E-state index is -0.189. The fraction of sp³-hybridized carbons (Fsp3) is 0.880. The van der Waals surface area contributed by atoms with Crippen LogP contribution in [-0.4, -0.2) is 36.9 Å². The molecule has 2 saturated carbocycles. The first kappa shape index (κ1) is 22.8. The first-order chi connectivity index (χ1) is 13.7. The van der Waals surface area contributed by atoms with Crippen molar-refractivity contribution in [3.8, 4) is 0 Å². The summed E-state index contributed by atoms with van der Waals surface area (Å²) in [7, 11) is 1.84. The van der Waals surface area contributed by atoms with Gasteiger partial charge in [0.15, 0.2) is 0 Å². The maximum absolute atomic E-state index is 12.7. The Bertz CT molecular complexity index is 567. The Kier molecular flexibility index (Phi) is 7.48. The van der Waals surface area contributed by atoms with Gasteiger partial charge in [-0.25, -0.2) is 0 Å². The Hall–Kier alpha value is -0.870. The number of carbonyl (C=O) groups is 1. The molecule has 1 atom stereocenters. The lowest BCUT2D eigenvalue weighted by Crippen LogP contribution is -2.46. The predicted molar refractivity (Wildman–Crippen MR) is 118 cm³/mol. The molecule has 0 aromatic carbocycles. The Morgan fingerprint density at radius 2 is 1.48 bits per heavy atom. The summed E-state index contributed by atoms with van der Waals surface area (Å²) in [5.74, 6) is 1.92. The minimum absolute atomic E-state index is 0.000386. The zero-order valence-corrected chi connectivity index (χ0v) is 19.3. The Morgan fingerprint density at radius 1 is 0.931 bits per heavy atom. The van der Waals surface area contributed by atoms with Gasteiger partial charge < -0.3 is 14.8 Å². The topological polar surface area (TPSA) is 47.6 Å². The third kappa shape index (κ3) is 6.30. The summed E-state index contributed by atoms with van der Waals surface area (Å²) in [4.78, 5) is 12.7. The van der Waals surface area contributed by atoms with Crippen molar-refractivity contribution in [1.29, 1.82) is 0 Å². The van der Waals surface area contributed by atoms with Gasteiger partial charge in [0.1, 0.15) is 0 Å². The molecule has 1 heterocycles. The van der Waals surface area contributed by atoms with Crippen LogP contribution >= 0.6 is 0 Å². The maximum atomic E-state index is 12.7. The number of rotatable bonds is 6. The van der Waals surface area contributed by atoms with Gasteiger partial charge in [-0.15, -0.1) is 0 Å². The van der Waals surface area contributed by atoms with E-state index in [1.165, 1.54) is 51.4 Å². The van der Waals surface area contributed by atoms with Crippen LogP contribution in [0.3, 0.4) is 0 Å². The Balaban J connectivity index is 1.36. The van der Waals surface area contributed by atoms with Crippen LogP contribution in [0, 0.1) is 23.7 Å². The smallest absolute Gasteiger partial charge is 0.310 e. The summed E-state index contributed by atoms with van der Waals surface area (Å²) >= 11 is 0. The lowest BCUT2D eigenvalue weighted by Gasteiger charge is -2.29. The van der Waals surface area contributed by atoms with Crippen molar-refractivity contribution in [1.82, 2.24) is 5.32 Å². The fourth-order valence-electron chi connectivity index (χ4n) is 5.83. The number of hydrogen-bond donors (Lipinski definition) is 1. The number of allylic oxidation sites excluding steroid dienone is 2. The molecule has 4 heteroatoms. The lowest BCUT2D eigenvalue weighted by atomic mass is 9.80. The normalized spacial score (nSPS) is 36.9. The highest BCUT2D eigenvalue weighted by Crippen LogP contribution is 2.37. The number of hydrogen-bond acceptors (Lipinski definition) is 4. The molecule has 1 aliphatic heterocycles. The van der Waals surface area contributed by atoms with E-state index in [1.807, 2.05) is 7.11 Å². The van der Waals surface area contributed by atoms with Crippen molar-refractivity contribution in [3.63, 3.8) is 0 Å². The zero-order chi connectivity index (χ0) is 21.1. The van der Waals surface area contributed by atoms with Crippen LogP contribution in [0.5, 0.6) is 0 Å². The first-order valence-electron chi connectivity index (χ1n) is 11.9. The van der Waals surface area contributed by atoms with E-state index in [-0.39, 0.29) is 23.0 Å². The van der Waals surface area contributed by atoms with Crippen LogP contribution in [0.2, 0.25) is 0 Å². The van der Waals surface area contributed by atoms with Crippen molar-refractivity contribution in [2.45, 2.75) is 103 Å². The van der Waals surface area contributed by atoms with Crippen LogP contribution in [0.25, 0.3) is 0 Å². The Morgan fingerprint density at radius 3 is 1.97 bits per heavy atom. The van der Waals surface area contributed by atoms with Crippen molar-refractivity contribution < 1.29 is 14.3 Å². The standard InChI is InChI=1S/C25H43NO3/c1-24(2)16-22(25(3,4)26-24)23(27)29-17-20-10-8-18(9-11-20)6-7-19-12-14-21(28-5)15-13-19/h6-7,18-22,26H,8-17H2,1-5H3/b7-6+. The first-order valence-corrected chi connectivity index (χ1v) is 11.9. The van der Waals surface area contributed by atoms with Gasteiger partial charge in [0.05, 0.1) is 18.6 Å². The molecule has 0 bridgehead atoms. The van der Waals surface area contributed by atoms with Crippen molar-refractivity contribution in [2.24, 2.45) is 23.7 Å². The summed E-state index contributed by atoms with van der Waals surface area (Å²) < 4.78 is 11.3. The van der Waals surface area contributed by atoms with Crippen LogP contribution in [0.4, 0.5) is 0 Å². The van der Waals surface area contributed by atoms with E-state index < -0.39 is 0 Å². The van der Waals surface area contributed by atoms with Crippen molar-refractivity contribution in [2.75, 3.05) is 13.7 Å².